The van der Waals surface area contributed by atoms with Gasteiger partial charge in [0.05, 0.1) is 24.1 Å². The molecule has 1 aromatic carbocycles. The van der Waals surface area contributed by atoms with Crippen molar-refractivity contribution in [1.29, 1.82) is 0 Å². The minimum absolute atomic E-state index is 0.102. The predicted molar refractivity (Wildman–Crippen MR) is 95.0 cm³/mol. The number of benzene rings is 1. The third kappa shape index (κ3) is 3.37. The number of carbonyl (C=O) groups is 2. The number of para-hydroxylation sites is 1. The first kappa shape index (κ1) is 17.4. The van der Waals surface area contributed by atoms with Crippen molar-refractivity contribution in [1.82, 2.24) is 15.5 Å². The Bertz CT molecular complexity index is 773. The van der Waals surface area contributed by atoms with Crippen LogP contribution >= 0.6 is 0 Å². The van der Waals surface area contributed by atoms with Gasteiger partial charge in [0.1, 0.15) is 0 Å². The lowest BCUT2D eigenvalue weighted by Crippen LogP contribution is -2.45. The van der Waals surface area contributed by atoms with Gasteiger partial charge >= 0.3 is 0 Å². The lowest BCUT2D eigenvalue weighted by molar-refractivity contribution is -0.127. The molecule has 2 amide bonds. The molecule has 0 saturated carbocycles. The molecule has 0 aliphatic carbocycles. The average molecular weight is 344 g/mol. The third-order valence-electron chi connectivity index (χ3n) is 5.06. The van der Waals surface area contributed by atoms with Crippen molar-refractivity contribution >= 4 is 28.5 Å². The number of fused-ring (bicyclic) bond motifs is 1. The Kier molecular flexibility index (Phi) is 5.03. The summed E-state index contributed by atoms with van der Waals surface area (Å²) < 4.78 is 0. The Hall–Kier alpha value is -2.41. The standard InChI is InChI=1S/C18H24N4O3/c1-3-11(2)15(10-23)19-18(25)12-8-16(24)22(9-12)17-13-6-4-5-7-14(13)20-21-17/h4-7,11-12,15,23H,3,8-10H2,1-2H3,(H,19,25)(H,20,21)/t11-,12?,15-/m1/s1. The predicted octanol–water partition coefficient (Wildman–Crippen LogP) is 1.44. The molecule has 1 unspecified atom stereocenters. The molecule has 0 bridgehead atoms. The van der Waals surface area contributed by atoms with Crippen LogP contribution in [0.1, 0.15) is 26.7 Å². The highest BCUT2D eigenvalue weighted by Gasteiger charge is 2.37. The summed E-state index contributed by atoms with van der Waals surface area (Å²) in [5.41, 5.74) is 0.857. The van der Waals surface area contributed by atoms with Crippen LogP contribution < -0.4 is 10.2 Å². The molecule has 3 N–H and O–H groups in total. The monoisotopic (exact) mass is 344 g/mol. The number of aromatic amines is 1. The zero-order chi connectivity index (χ0) is 18.0. The fourth-order valence-electron chi connectivity index (χ4n) is 3.20. The Morgan fingerprint density at radius 3 is 2.96 bits per heavy atom. The van der Waals surface area contributed by atoms with E-state index in [0.717, 1.165) is 17.3 Å². The lowest BCUT2D eigenvalue weighted by Gasteiger charge is -2.23. The molecule has 7 nitrogen and oxygen atoms in total. The summed E-state index contributed by atoms with van der Waals surface area (Å²) in [7, 11) is 0. The Morgan fingerprint density at radius 2 is 2.24 bits per heavy atom. The lowest BCUT2D eigenvalue weighted by atomic mass is 9.98. The summed E-state index contributed by atoms with van der Waals surface area (Å²) in [4.78, 5) is 26.5. The molecule has 7 heteroatoms. The molecule has 1 aromatic heterocycles. The van der Waals surface area contributed by atoms with E-state index in [-0.39, 0.29) is 36.8 Å². The molecule has 3 atom stereocenters. The molecule has 3 rings (SSSR count). The number of aromatic nitrogens is 2. The van der Waals surface area contributed by atoms with Crippen LogP contribution in [0.25, 0.3) is 10.9 Å². The first-order chi connectivity index (χ1) is 12.0. The van der Waals surface area contributed by atoms with Gasteiger partial charge < -0.3 is 10.4 Å². The van der Waals surface area contributed by atoms with Gasteiger partial charge in [-0.2, -0.15) is 5.10 Å². The number of anilines is 1. The second kappa shape index (κ2) is 7.23. The van der Waals surface area contributed by atoms with Gasteiger partial charge in [0.2, 0.25) is 11.8 Å². The van der Waals surface area contributed by atoms with E-state index in [9.17, 15) is 14.7 Å². The molecule has 134 valence electrons. The van der Waals surface area contributed by atoms with Crippen LogP contribution in [0.4, 0.5) is 5.82 Å². The zero-order valence-electron chi connectivity index (χ0n) is 14.5. The topological polar surface area (TPSA) is 98.3 Å². The molecular formula is C18H24N4O3. The van der Waals surface area contributed by atoms with E-state index < -0.39 is 5.92 Å². The molecule has 1 aliphatic rings. The van der Waals surface area contributed by atoms with Crippen LogP contribution in [0.2, 0.25) is 0 Å². The minimum atomic E-state index is -0.430. The van der Waals surface area contributed by atoms with Crippen LogP contribution in [0.15, 0.2) is 24.3 Å². The van der Waals surface area contributed by atoms with Gasteiger partial charge in [-0.05, 0) is 18.1 Å². The molecular weight excluding hydrogens is 320 g/mol. The van der Waals surface area contributed by atoms with E-state index in [0.29, 0.717) is 12.4 Å². The van der Waals surface area contributed by atoms with Crippen molar-refractivity contribution in [3.63, 3.8) is 0 Å². The number of H-pyrrole nitrogens is 1. The number of aliphatic hydroxyl groups excluding tert-OH is 1. The van der Waals surface area contributed by atoms with Crippen LogP contribution in [0.5, 0.6) is 0 Å². The number of nitrogens with one attached hydrogen (secondary N) is 2. The van der Waals surface area contributed by atoms with Gasteiger partial charge in [0, 0.05) is 18.4 Å². The number of hydrogen-bond acceptors (Lipinski definition) is 4. The van der Waals surface area contributed by atoms with E-state index in [1.54, 1.807) is 4.90 Å². The van der Waals surface area contributed by atoms with Crippen molar-refractivity contribution in [3.05, 3.63) is 24.3 Å². The van der Waals surface area contributed by atoms with Gasteiger partial charge in [-0.3, -0.25) is 19.6 Å². The van der Waals surface area contributed by atoms with Crippen LogP contribution in [-0.2, 0) is 9.59 Å². The number of carbonyl (C=O) groups excluding carboxylic acids is 2. The molecule has 2 heterocycles. The summed E-state index contributed by atoms with van der Waals surface area (Å²) >= 11 is 0. The van der Waals surface area contributed by atoms with Gasteiger partial charge in [-0.25, -0.2) is 0 Å². The first-order valence-corrected chi connectivity index (χ1v) is 8.69. The van der Waals surface area contributed by atoms with Crippen LogP contribution in [-0.4, -0.2) is 46.3 Å². The van der Waals surface area contributed by atoms with Gasteiger partial charge in [0.25, 0.3) is 0 Å². The molecule has 1 fully saturated rings. The molecule has 0 radical (unpaired) electrons. The highest BCUT2D eigenvalue weighted by atomic mass is 16.3. The first-order valence-electron chi connectivity index (χ1n) is 8.69. The fourth-order valence-corrected chi connectivity index (χ4v) is 3.20. The summed E-state index contributed by atoms with van der Waals surface area (Å²) in [6.07, 6.45) is 1.02. The maximum atomic E-state index is 12.5. The summed E-state index contributed by atoms with van der Waals surface area (Å²) in [6.45, 7) is 4.21. The van der Waals surface area contributed by atoms with Gasteiger partial charge in [-0.15, -0.1) is 0 Å². The van der Waals surface area contributed by atoms with Gasteiger partial charge in [-0.1, -0.05) is 32.4 Å². The van der Waals surface area contributed by atoms with Crippen molar-refractivity contribution in [2.45, 2.75) is 32.7 Å². The van der Waals surface area contributed by atoms with Crippen molar-refractivity contribution in [2.75, 3.05) is 18.1 Å². The maximum Gasteiger partial charge on any atom is 0.229 e. The minimum Gasteiger partial charge on any atom is -0.394 e. The number of amides is 2. The summed E-state index contributed by atoms with van der Waals surface area (Å²) in [6, 6.07) is 7.31. The third-order valence-corrected chi connectivity index (χ3v) is 5.06. The molecule has 0 spiro atoms. The number of hydrogen-bond donors (Lipinski definition) is 3. The SMILES string of the molecule is CC[C@@H](C)[C@@H](CO)NC(=O)C1CC(=O)N(c2n[nH]c3ccccc23)C1. The number of nitrogens with zero attached hydrogens (tertiary/aromatic N) is 2. The largest absolute Gasteiger partial charge is 0.394 e. The summed E-state index contributed by atoms with van der Waals surface area (Å²) in [5.74, 6) is 0.0200. The van der Waals surface area contributed by atoms with Crippen molar-refractivity contribution in [3.8, 4) is 0 Å². The summed E-state index contributed by atoms with van der Waals surface area (Å²) in [5, 5.41) is 20.4. The van der Waals surface area contributed by atoms with E-state index in [4.69, 9.17) is 0 Å². The maximum absolute atomic E-state index is 12.5. The molecule has 2 aromatic rings. The fraction of sp³-hybridized carbons (Fsp3) is 0.500. The highest BCUT2D eigenvalue weighted by molar-refractivity contribution is 6.05. The average Bonchev–Trinajstić information content (AvgIpc) is 3.22. The normalized spacial score (nSPS) is 20.0. The Labute approximate surface area is 146 Å². The van der Waals surface area contributed by atoms with Crippen molar-refractivity contribution < 1.29 is 14.7 Å². The second-order valence-corrected chi connectivity index (χ2v) is 6.68. The van der Waals surface area contributed by atoms with E-state index in [1.165, 1.54) is 0 Å². The quantitative estimate of drug-likeness (QED) is 0.738. The van der Waals surface area contributed by atoms with E-state index in [2.05, 4.69) is 15.5 Å². The smallest absolute Gasteiger partial charge is 0.229 e. The molecule has 1 aliphatic heterocycles. The van der Waals surface area contributed by atoms with Gasteiger partial charge in [0.15, 0.2) is 5.82 Å². The molecule has 1 saturated heterocycles. The second-order valence-electron chi connectivity index (χ2n) is 6.68. The molecule has 25 heavy (non-hydrogen) atoms. The van der Waals surface area contributed by atoms with E-state index >= 15 is 0 Å². The van der Waals surface area contributed by atoms with Crippen molar-refractivity contribution in [2.24, 2.45) is 11.8 Å². The van der Waals surface area contributed by atoms with Crippen LogP contribution in [0, 0.1) is 11.8 Å². The highest BCUT2D eigenvalue weighted by Crippen LogP contribution is 2.29. The van der Waals surface area contributed by atoms with E-state index in [1.807, 2.05) is 38.1 Å². The number of aliphatic hydroxyl groups is 1. The zero-order valence-corrected chi connectivity index (χ0v) is 14.5. The number of rotatable bonds is 6. The van der Waals surface area contributed by atoms with Crippen LogP contribution in [0.3, 0.4) is 0 Å². The Balaban J connectivity index is 1.73. The Morgan fingerprint density at radius 1 is 1.48 bits per heavy atom.